The van der Waals surface area contributed by atoms with Gasteiger partial charge in [0.15, 0.2) is 0 Å². The first-order valence-electron chi connectivity index (χ1n) is 6.59. The van der Waals surface area contributed by atoms with E-state index in [0.717, 1.165) is 41.6 Å². The van der Waals surface area contributed by atoms with Crippen LogP contribution in [0.4, 0.5) is 0 Å². The van der Waals surface area contributed by atoms with E-state index in [9.17, 15) is 4.79 Å². The Labute approximate surface area is 121 Å². The van der Waals surface area contributed by atoms with Gasteiger partial charge in [-0.1, -0.05) is 19.8 Å². The van der Waals surface area contributed by atoms with Crippen LogP contribution in [0.25, 0.3) is 5.65 Å². The lowest BCUT2D eigenvalue weighted by Gasteiger charge is -2.02. The Bertz CT molecular complexity index is 565. The molecular weight excluding hydrogens is 306 g/mol. The third-order valence-electron chi connectivity index (χ3n) is 2.91. The highest BCUT2D eigenvalue weighted by atomic mass is 79.9. The molecule has 0 fully saturated rings. The quantitative estimate of drug-likeness (QED) is 0.831. The first-order valence-corrected chi connectivity index (χ1v) is 7.38. The first-order chi connectivity index (χ1) is 9.19. The standard InChI is InChI=1S/C14H18BrN3O/c1-2-3-4-7-16-14(19)8-12-10-18-9-11(15)5-6-13(18)17-12/h5-6,9-10H,2-4,7-8H2,1H3,(H,16,19). The van der Waals surface area contributed by atoms with Crippen LogP contribution in [0.2, 0.25) is 0 Å². The number of imidazole rings is 1. The lowest BCUT2D eigenvalue weighted by atomic mass is 10.2. The van der Waals surface area contributed by atoms with Crippen LogP contribution in [0.1, 0.15) is 31.9 Å². The summed E-state index contributed by atoms with van der Waals surface area (Å²) in [6, 6.07) is 3.86. The Kier molecular flexibility index (Phi) is 4.96. The summed E-state index contributed by atoms with van der Waals surface area (Å²) in [4.78, 5) is 16.2. The zero-order valence-corrected chi connectivity index (χ0v) is 12.6. The number of hydrogen-bond acceptors (Lipinski definition) is 2. The van der Waals surface area contributed by atoms with Gasteiger partial charge in [0.25, 0.3) is 0 Å². The van der Waals surface area contributed by atoms with E-state index in [2.05, 4.69) is 33.2 Å². The van der Waals surface area contributed by atoms with Gasteiger partial charge in [-0.3, -0.25) is 4.79 Å². The molecule has 2 aromatic rings. The molecule has 2 rings (SSSR count). The number of aromatic nitrogens is 2. The van der Waals surface area contributed by atoms with Crippen molar-refractivity contribution in [2.45, 2.75) is 32.6 Å². The molecule has 0 aliphatic heterocycles. The molecule has 0 bridgehead atoms. The summed E-state index contributed by atoms with van der Waals surface area (Å²) in [7, 11) is 0. The molecule has 0 saturated heterocycles. The number of nitrogens with one attached hydrogen (secondary N) is 1. The van der Waals surface area contributed by atoms with Crippen LogP contribution in [-0.2, 0) is 11.2 Å². The minimum absolute atomic E-state index is 0.0403. The fourth-order valence-electron chi connectivity index (χ4n) is 1.93. The Morgan fingerprint density at radius 2 is 2.21 bits per heavy atom. The molecule has 0 atom stereocenters. The zero-order valence-electron chi connectivity index (χ0n) is 11.0. The van der Waals surface area contributed by atoms with Gasteiger partial charge in [0.05, 0.1) is 12.1 Å². The molecule has 19 heavy (non-hydrogen) atoms. The number of carbonyl (C=O) groups excluding carboxylic acids is 1. The number of carbonyl (C=O) groups is 1. The Morgan fingerprint density at radius 3 is 3.00 bits per heavy atom. The average Bonchev–Trinajstić information content (AvgIpc) is 2.76. The molecule has 102 valence electrons. The van der Waals surface area contributed by atoms with Gasteiger partial charge in [0.2, 0.25) is 5.91 Å². The minimum atomic E-state index is 0.0403. The predicted molar refractivity (Wildman–Crippen MR) is 79.1 cm³/mol. The molecule has 0 unspecified atom stereocenters. The van der Waals surface area contributed by atoms with Crippen LogP contribution in [0.3, 0.4) is 0 Å². The topological polar surface area (TPSA) is 46.4 Å². The van der Waals surface area contributed by atoms with Crippen molar-refractivity contribution in [2.75, 3.05) is 6.54 Å². The largest absolute Gasteiger partial charge is 0.356 e. The summed E-state index contributed by atoms with van der Waals surface area (Å²) in [6.07, 6.45) is 7.53. The number of hydrogen-bond donors (Lipinski definition) is 1. The maximum atomic E-state index is 11.7. The van der Waals surface area contributed by atoms with Gasteiger partial charge in [0.1, 0.15) is 5.65 Å². The fraction of sp³-hybridized carbons (Fsp3) is 0.429. The Balaban J connectivity index is 1.91. The van der Waals surface area contributed by atoms with Crippen LogP contribution >= 0.6 is 15.9 Å². The van der Waals surface area contributed by atoms with Crippen LogP contribution in [-0.4, -0.2) is 21.8 Å². The number of fused-ring (bicyclic) bond motifs is 1. The molecule has 0 aromatic carbocycles. The normalized spacial score (nSPS) is 10.8. The van der Waals surface area contributed by atoms with E-state index in [4.69, 9.17) is 0 Å². The zero-order chi connectivity index (χ0) is 13.7. The fourth-order valence-corrected chi connectivity index (χ4v) is 2.28. The number of pyridine rings is 1. The molecule has 1 amide bonds. The summed E-state index contributed by atoms with van der Waals surface area (Å²) >= 11 is 3.41. The van der Waals surface area contributed by atoms with Crippen molar-refractivity contribution in [1.82, 2.24) is 14.7 Å². The van der Waals surface area contributed by atoms with Crippen molar-refractivity contribution in [3.63, 3.8) is 0 Å². The summed E-state index contributed by atoms with van der Waals surface area (Å²) in [5.74, 6) is 0.0403. The highest BCUT2D eigenvalue weighted by molar-refractivity contribution is 9.10. The third kappa shape index (κ3) is 4.06. The second-order valence-corrected chi connectivity index (χ2v) is 5.49. The Morgan fingerprint density at radius 1 is 1.37 bits per heavy atom. The van der Waals surface area contributed by atoms with Gasteiger partial charge in [-0.05, 0) is 34.5 Å². The highest BCUT2D eigenvalue weighted by Gasteiger charge is 2.07. The summed E-state index contributed by atoms with van der Waals surface area (Å²) in [5, 5.41) is 2.92. The highest BCUT2D eigenvalue weighted by Crippen LogP contribution is 2.12. The number of unbranched alkanes of at least 4 members (excludes halogenated alkanes) is 2. The first kappa shape index (κ1) is 14.1. The van der Waals surface area contributed by atoms with Gasteiger partial charge in [0, 0.05) is 23.4 Å². The van der Waals surface area contributed by atoms with Crippen LogP contribution in [0.15, 0.2) is 29.0 Å². The predicted octanol–water partition coefficient (Wildman–Crippen LogP) is 2.95. The molecule has 0 aliphatic rings. The number of nitrogens with zero attached hydrogens (tertiary/aromatic N) is 2. The number of rotatable bonds is 6. The van der Waals surface area contributed by atoms with Crippen molar-refractivity contribution < 1.29 is 4.79 Å². The van der Waals surface area contributed by atoms with Gasteiger partial charge in [-0.25, -0.2) is 4.98 Å². The van der Waals surface area contributed by atoms with Crippen LogP contribution < -0.4 is 5.32 Å². The Hall–Kier alpha value is -1.36. The van der Waals surface area contributed by atoms with Crippen molar-refractivity contribution in [2.24, 2.45) is 0 Å². The van der Waals surface area contributed by atoms with E-state index in [0.29, 0.717) is 6.42 Å². The second kappa shape index (κ2) is 6.70. The lowest BCUT2D eigenvalue weighted by Crippen LogP contribution is -2.26. The molecule has 2 aromatic heterocycles. The van der Waals surface area contributed by atoms with Crippen molar-refractivity contribution in [3.05, 3.63) is 34.7 Å². The van der Waals surface area contributed by atoms with Gasteiger partial charge < -0.3 is 9.72 Å². The average molecular weight is 324 g/mol. The maximum Gasteiger partial charge on any atom is 0.226 e. The van der Waals surface area contributed by atoms with E-state index >= 15 is 0 Å². The lowest BCUT2D eigenvalue weighted by molar-refractivity contribution is -0.120. The number of halogens is 1. The molecule has 0 radical (unpaired) electrons. The van der Waals surface area contributed by atoms with E-state index in [1.54, 1.807) is 0 Å². The SMILES string of the molecule is CCCCCNC(=O)Cc1cn2cc(Br)ccc2n1. The van der Waals surface area contributed by atoms with Crippen molar-refractivity contribution in [1.29, 1.82) is 0 Å². The summed E-state index contributed by atoms with van der Waals surface area (Å²) < 4.78 is 2.91. The molecule has 0 saturated carbocycles. The van der Waals surface area contributed by atoms with E-state index in [1.165, 1.54) is 0 Å². The molecule has 2 heterocycles. The van der Waals surface area contributed by atoms with Crippen LogP contribution in [0, 0.1) is 0 Å². The third-order valence-corrected chi connectivity index (χ3v) is 3.38. The van der Waals surface area contributed by atoms with Gasteiger partial charge >= 0.3 is 0 Å². The maximum absolute atomic E-state index is 11.7. The molecule has 1 N–H and O–H groups in total. The van der Waals surface area contributed by atoms with Crippen molar-refractivity contribution in [3.8, 4) is 0 Å². The van der Waals surface area contributed by atoms with E-state index in [1.807, 2.05) is 28.9 Å². The molecule has 5 heteroatoms. The van der Waals surface area contributed by atoms with Gasteiger partial charge in [-0.15, -0.1) is 0 Å². The summed E-state index contributed by atoms with van der Waals surface area (Å²) in [6.45, 7) is 2.90. The van der Waals surface area contributed by atoms with Gasteiger partial charge in [-0.2, -0.15) is 0 Å². The molecule has 4 nitrogen and oxygen atoms in total. The molecule has 0 aliphatic carbocycles. The number of amides is 1. The van der Waals surface area contributed by atoms with E-state index in [-0.39, 0.29) is 5.91 Å². The smallest absolute Gasteiger partial charge is 0.226 e. The van der Waals surface area contributed by atoms with Crippen molar-refractivity contribution >= 4 is 27.5 Å². The summed E-state index contributed by atoms with van der Waals surface area (Å²) in [5.41, 5.74) is 1.66. The monoisotopic (exact) mass is 323 g/mol. The van der Waals surface area contributed by atoms with Crippen LogP contribution in [0.5, 0.6) is 0 Å². The second-order valence-electron chi connectivity index (χ2n) is 4.58. The van der Waals surface area contributed by atoms with E-state index < -0.39 is 0 Å². The molecular formula is C14H18BrN3O. The molecule has 0 spiro atoms. The minimum Gasteiger partial charge on any atom is -0.356 e.